The number of carbonyl (C=O) groups is 3. The van der Waals surface area contributed by atoms with Crippen LogP contribution in [0.3, 0.4) is 0 Å². The number of alkyl halides is 3. The summed E-state index contributed by atoms with van der Waals surface area (Å²) in [6, 6.07) is 18.1. The first-order valence-corrected chi connectivity index (χ1v) is 15.2. The Morgan fingerprint density at radius 2 is 1.60 bits per heavy atom. The molecule has 3 amide bonds. The highest BCUT2D eigenvalue weighted by atomic mass is 32.2. The molecular weight excluding hydrogens is 631 g/mol. The fourth-order valence-corrected chi connectivity index (χ4v) is 8.44. The molecule has 0 bridgehead atoms. The summed E-state index contributed by atoms with van der Waals surface area (Å²) in [5, 5.41) is 1.61. The topological polar surface area (TPSA) is 107 Å². The maximum absolute atomic E-state index is 14.0. The van der Waals surface area contributed by atoms with E-state index in [2.05, 4.69) is 5.32 Å². The van der Waals surface area contributed by atoms with E-state index in [-0.39, 0.29) is 0 Å². The van der Waals surface area contributed by atoms with E-state index in [0.717, 1.165) is 44.7 Å². The Hall–Kier alpha value is -4.56. The average Bonchev–Trinajstić information content (AvgIpc) is 3.46. The van der Waals surface area contributed by atoms with Crippen LogP contribution in [0.5, 0.6) is 11.5 Å². The number of thioether (sulfide) groups is 1. The number of anilines is 2. The molecule has 3 atom stereocenters. The zero-order valence-corrected chi connectivity index (χ0v) is 25.3. The summed E-state index contributed by atoms with van der Waals surface area (Å²) < 4.78 is 52.6. The SMILES string of the molecule is COc1ccc([C@@H]2c3sc(=O)n(CC(=O)Nc4ccccc4C(F)(F)F)c3S[C@H]3C(=O)N(c4ccccc4)C(=O)[C@@H]23)cc1OC. The molecular formula is C31H24F3N3O6S2. The minimum atomic E-state index is -4.71. The van der Waals surface area contributed by atoms with Gasteiger partial charge in [0.25, 0.3) is 0 Å². The summed E-state index contributed by atoms with van der Waals surface area (Å²) in [4.78, 5) is 55.3. The van der Waals surface area contributed by atoms with Crippen LogP contribution < -0.4 is 24.6 Å². The number of nitrogens with zero attached hydrogens (tertiary/aromatic N) is 2. The first-order chi connectivity index (χ1) is 21.5. The lowest BCUT2D eigenvalue weighted by Crippen LogP contribution is -2.33. The first kappa shape index (κ1) is 30.5. The van der Waals surface area contributed by atoms with Crippen LogP contribution in [0.2, 0.25) is 0 Å². The summed E-state index contributed by atoms with van der Waals surface area (Å²) in [5.41, 5.74) is -0.493. The average molecular weight is 656 g/mol. The third kappa shape index (κ3) is 5.37. The molecule has 0 unspecified atom stereocenters. The highest BCUT2D eigenvalue weighted by molar-refractivity contribution is 8.00. The summed E-state index contributed by atoms with van der Waals surface area (Å²) in [7, 11) is 2.93. The molecule has 1 aromatic heterocycles. The molecule has 9 nitrogen and oxygen atoms in total. The zero-order chi connectivity index (χ0) is 32.0. The molecule has 0 radical (unpaired) electrons. The van der Waals surface area contributed by atoms with Crippen LogP contribution in [0.1, 0.15) is 21.9 Å². The number of halogens is 3. The lowest BCUT2D eigenvalue weighted by Gasteiger charge is -2.31. The Kier molecular flexibility index (Phi) is 7.95. The molecule has 1 N–H and O–H groups in total. The molecule has 6 rings (SSSR count). The molecule has 0 spiro atoms. The predicted octanol–water partition coefficient (Wildman–Crippen LogP) is 5.38. The van der Waals surface area contributed by atoms with Crippen LogP contribution in [-0.4, -0.2) is 41.8 Å². The molecule has 0 saturated carbocycles. The second kappa shape index (κ2) is 11.7. The van der Waals surface area contributed by atoms with Gasteiger partial charge >= 0.3 is 11.0 Å². The summed E-state index contributed by atoms with van der Waals surface area (Å²) in [6.45, 7) is -0.607. The largest absolute Gasteiger partial charge is 0.493 e. The fourth-order valence-electron chi connectivity index (χ4n) is 5.66. The Bertz CT molecular complexity index is 1870. The minimum Gasteiger partial charge on any atom is -0.493 e. The van der Waals surface area contributed by atoms with Crippen LogP contribution in [-0.2, 0) is 27.1 Å². The number of fused-ring (bicyclic) bond motifs is 2. The highest BCUT2D eigenvalue weighted by Crippen LogP contribution is 2.54. The van der Waals surface area contributed by atoms with Gasteiger partial charge in [-0.1, -0.05) is 59.5 Å². The number of aromatic nitrogens is 1. The Morgan fingerprint density at radius 1 is 0.911 bits per heavy atom. The van der Waals surface area contributed by atoms with Gasteiger partial charge in [-0.25, -0.2) is 4.90 Å². The third-order valence-electron chi connectivity index (χ3n) is 7.64. The van der Waals surface area contributed by atoms with Gasteiger partial charge in [-0.05, 0) is 42.0 Å². The zero-order valence-electron chi connectivity index (χ0n) is 23.7. The molecule has 14 heteroatoms. The Labute approximate surface area is 262 Å². The van der Waals surface area contributed by atoms with Crippen molar-refractivity contribution < 1.29 is 37.0 Å². The molecule has 2 aliphatic rings. The van der Waals surface area contributed by atoms with Crippen LogP contribution in [0.4, 0.5) is 24.5 Å². The number of imide groups is 1. The van der Waals surface area contributed by atoms with Gasteiger partial charge in [0.1, 0.15) is 11.8 Å². The monoisotopic (exact) mass is 655 g/mol. The van der Waals surface area contributed by atoms with Gasteiger partial charge in [-0.15, -0.1) is 0 Å². The number of hydrogen-bond donors (Lipinski definition) is 1. The van der Waals surface area contributed by atoms with E-state index in [1.807, 2.05) is 0 Å². The van der Waals surface area contributed by atoms with Gasteiger partial charge in [0.15, 0.2) is 11.5 Å². The molecule has 232 valence electrons. The fraction of sp³-hybridized carbons (Fsp3) is 0.226. The molecule has 1 fully saturated rings. The molecule has 2 aliphatic heterocycles. The second-order valence-electron chi connectivity index (χ2n) is 10.2. The van der Waals surface area contributed by atoms with Gasteiger partial charge in [0.05, 0.1) is 42.1 Å². The van der Waals surface area contributed by atoms with Crippen LogP contribution >= 0.6 is 23.1 Å². The van der Waals surface area contributed by atoms with Crippen molar-refractivity contribution in [1.82, 2.24) is 4.57 Å². The van der Waals surface area contributed by atoms with E-state index in [4.69, 9.17) is 9.47 Å². The van der Waals surface area contributed by atoms with Gasteiger partial charge in [0, 0.05) is 10.8 Å². The second-order valence-corrected chi connectivity index (χ2v) is 12.3. The number of methoxy groups -OCH3 is 2. The van der Waals surface area contributed by atoms with Gasteiger partial charge in [0.2, 0.25) is 17.7 Å². The number of para-hydroxylation sites is 2. The van der Waals surface area contributed by atoms with Crippen molar-refractivity contribution in [2.24, 2.45) is 5.92 Å². The summed E-state index contributed by atoms with van der Waals surface area (Å²) >= 11 is 1.82. The maximum atomic E-state index is 14.0. The van der Waals surface area contributed by atoms with Crippen molar-refractivity contribution in [1.29, 1.82) is 0 Å². The number of benzene rings is 3. The smallest absolute Gasteiger partial charge is 0.418 e. The van der Waals surface area contributed by atoms with Crippen molar-refractivity contribution in [3.8, 4) is 11.5 Å². The van der Waals surface area contributed by atoms with Crippen LogP contribution in [0.25, 0.3) is 0 Å². The number of nitrogens with one attached hydrogen (secondary N) is 1. The van der Waals surface area contributed by atoms with E-state index < -0.39 is 63.7 Å². The van der Waals surface area contributed by atoms with Crippen molar-refractivity contribution in [2.45, 2.75) is 28.9 Å². The lowest BCUT2D eigenvalue weighted by atomic mass is 9.83. The van der Waals surface area contributed by atoms with Crippen molar-refractivity contribution in [2.75, 3.05) is 24.4 Å². The van der Waals surface area contributed by atoms with Gasteiger partial charge in [-0.3, -0.25) is 23.7 Å². The van der Waals surface area contributed by atoms with Crippen molar-refractivity contribution in [3.63, 3.8) is 0 Å². The first-order valence-electron chi connectivity index (χ1n) is 13.5. The summed E-state index contributed by atoms with van der Waals surface area (Å²) in [5.74, 6) is -2.65. The van der Waals surface area contributed by atoms with E-state index in [0.29, 0.717) is 32.7 Å². The minimum absolute atomic E-state index is 0.293. The molecule has 4 aromatic rings. The highest BCUT2D eigenvalue weighted by Gasteiger charge is 2.57. The van der Waals surface area contributed by atoms with E-state index in [9.17, 15) is 32.3 Å². The number of thiazole rings is 1. The van der Waals surface area contributed by atoms with E-state index in [1.54, 1.807) is 48.5 Å². The normalized spacial score (nSPS) is 19.2. The van der Waals surface area contributed by atoms with Gasteiger partial charge in [-0.2, -0.15) is 13.2 Å². The number of amides is 3. The molecule has 0 aliphatic carbocycles. The number of ether oxygens (including phenoxy) is 2. The third-order valence-corrected chi connectivity index (χ3v) is 10.2. The maximum Gasteiger partial charge on any atom is 0.418 e. The van der Waals surface area contributed by atoms with Crippen LogP contribution in [0, 0.1) is 5.92 Å². The molecule has 3 heterocycles. The van der Waals surface area contributed by atoms with Gasteiger partial charge < -0.3 is 14.8 Å². The number of rotatable bonds is 7. The Balaban J connectivity index is 1.43. The van der Waals surface area contributed by atoms with E-state index in [1.165, 1.54) is 26.4 Å². The summed E-state index contributed by atoms with van der Waals surface area (Å²) in [6.07, 6.45) is -4.71. The van der Waals surface area contributed by atoms with E-state index >= 15 is 0 Å². The number of carbonyl (C=O) groups excluding carboxylic acids is 3. The molecule has 1 saturated heterocycles. The van der Waals surface area contributed by atoms with Crippen molar-refractivity contribution >= 4 is 52.2 Å². The lowest BCUT2D eigenvalue weighted by molar-refractivity contribution is -0.137. The standard InChI is InChI=1S/C31H24F3N3O6S2/c1-42-20-13-12-16(14-21(20)43-2)23-24-25(28(40)37(27(24)39)17-8-4-3-5-9-17)44-29-26(23)45-30(41)36(29)15-22(38)35-19-11-7-6-10-18(19)31(32,33)34/h3-14,23-25H,15H2,1-2H3,(H,35,38)/t23-,24-,25+/m0/s1. The predicted molar refractivity (Wildman–Crippen MR) is 162 cm³/mol. The van der Waals surface area contributed by atoms with Crippen molar-refractivity contribution in [3.05, 3.63) is 98.5 Å². The molecule has 45 heavy (non-hydrogen) atoms. The Morgan fingerprint density at radius 3 is 2.29 bits per heavy atom. The quantitative estimate of drug-likeness (QED) is 0.267. The number of hydrogen-bond acceptors (Lipinski definition) is 8. The van der Waals surface area contributed by atoms with Crippen LogP contribution in [0.15, 0.2) is 82.6 Å². The molecule has 3 aromatic carbocycles.